The Kier molecular flexibility index (Phi) is 6.62. The van der Waals surface area contributed by atoms with Gasteiger partial charge >= 0.3 is 0 Å². The summed E-state index contributed by atoms with van der Waals surface area (Å²) in [4.78, 5) is 20.1. The maximum absolute atomic E-state index is 10.3. The molecule has 11 heavy (non-hydrogen) atoms. The van der Waals surface area contributed by atoms with Crippen molar-refractivity contribution in [1.29, 1.82) is 0 Å². The van der Waals surface area contributed by atoms with E-state index in [1.165, 1.54) is 6.92 Å². The van der Waals surface area contributed by atoms with Gasteiger partial charge in [0.05, 0.1) is 13.2 Å². The molecule has 0 aliphatic heterocycles. The Balaban J connectivity index is 2.90. The van der Waals surface area contributed by atoms with Gasteiger partial charge in [-0.25, -0.2) is 0 Å². The third-order valence-electron chi connectivity index (χ3n) is 1.00. The summed E-state index contributed by atoms with van der Waals surface area (Å²) in [5.74, 6) is -0.0658. The lowest BCUT2D eigenvalue weighted by molar-refractivity contribution is -0.119. The molecule has 0 saturated carbocycles. The quantitative estimate of drug-likeness (QED) is 0.428. The molecule has 1 amide bonds. The first kappa shape index (κ1) is 10.1. The Labute approximate surface area is 65.9 Å². The molecule has 1 N–H and O–H groups in total. The van der Waals surface area contributed by atoms with Crippen molar-refractivity contribution >= 4 is 12.2 Å². The zero-order valence-electron chi connectivity index (χ0n) is 6.63. The SMILES string of the molecule is CC(=O)NCCOCCC=O. The highest BCUT2D eigenvalue weighted by Gasteiger charge is 1.89. The van der Waals surface area contributed by atoms with Gasteiger partial charge < -0.3 is 14.8 Å². The van der Waals surface area contributed by atoms with Crippen molar-refractivity contribution < 1.29 is 14.3 Å². The van der Waals surface area contributed by atoms with Gasteiger partial charge in [-0.3, -0.25) is 4.79 Å². The van der Waals surface area contributed by atoms with E-state index in [0.29, 0.717) is 26.2 Å². The Morgan fingerprint density at radius 2 is 2.27 bits per heavy atom. The molecule has 4 nitrogen and oxygen atoms in total. The summed E-state index contributed by atoms with van der Waals surface area (Å²) in [6.45, 7) is 2.86. The van der Waals surface area contributed by atoms with Gasteiger partial charge in [-0.05, 0) is 0 Å². The van der Waals surface area contributed by atoms with Crippen LogP contribution in [0.4, 0.5) is 0 Å². The lowest BCUT2D eigenvalue weighted by Crippen LogP contribution is -2.24. The second-order valence-corrected chi connectivity index (χ2v) is 2.05. The monoisotopic (exact) mass is 159 g/mol. The number of hydrogen-bond donors (Lipinski definition) is 1. The van der Waals surface area contributed by atoms with Crippen molar-refractivity contribution in [3.05, 3.63) is 0 Å². The van der Waals surface area contributed by atoms with Gasteiger partial charge in [0.1, 0.15) is 6.29 Å². The van der Waals surface area contributed by atoms with E-state index in [9.17, 15) is 9.59 Å². The zero-order chi connectivity index (χ0) is 8.53. The lowest BCUT2D eigenvalue weighted by Gasteiger charge is -2.01. The molecule has 0 aliphatic carbocycles. The molecule has 0 atom stereocenters. The fraction of sp³-hybridized carbons (Fsp3) is 0.714. The molecular weight excluding hydrogens is 146 g/mol. The molecule has 0 unspecified atom stereocenters. The Hall–Kier alpha value is -0.900. The minimum Gasteiger partial charge on any atom is -0.379 e. The second-order valence-electron chi connectivity index (χ2n) is 2.05. The van der Waals surface area contributed by atoms with E-state index in [4.69, 9.17) is 4.74 Å². The molecule has 0 bridgehead atoms. The summed E-state index contributed by atoms with van der Waals surface area (Å²) in [7, 11) is 0. The van der Waals surface area contributed by atoms with Gasteiger partial charge in [0, 0.05) is 19.9 Å². The van der Waals surface area contributed by atoms with Crippen LogP contribution in [-0.4, -0.2) is 32.0 Å². The van der Waals surface area contributed by atoms with Crippen LogP contribution in [0.15, 0.2) is 0 Å². The van der Waals surface area contributed by atoms with Crippen molar-refractivity contribution in [3.8, 4) is 0 Å². The third-order valence-corrected chi connectivity index (χ3v) is 1.00. The van der Waals surface area contributed by atoms with Crippen LogP contribution in [-0.2, 0) is 14.3 Å². The van der Waals surface area contributed by atoms with Crippen molar-refractivity contribution in [2.45, 2.75) is 13.3 Å². The van der Waals surface area contributed by atoms with E-state index in [0.717, 1.165) is 6.29 Å². The number of aldehydes is 1. The Morgan fingerprint density at radius 3 is 2.82 bits per heavy atom. The van der Waals surface area contributed by atoms with Crippen molar-refractivity contribution in [3.63, 3.8) is 0 Å². The van der Waals surface area contributed by atoms with E-state index >= 15 is 0 Å². The molecular formula is C7H13NO3. The number of carbonyl (C=O) groups is 2. The number of amides is 1. The summed E-state index contributed by atoms with van der Waals surface area (Å²) in [5.41, 5.74) is 0. The van der Waals surface area contributed by atoms with Gasteiger partial charge in [-0.15, -0.1) is 0 Å². The number of rotatable bonds is 6. The van der Waals surface area contributed by atoms with Gasteiger partial charge in [0.15, 0.2) is 0 Å². The first-order chi connectivity index (χ1) is 5.27. The summed E-state index contributed by atoms with van der Waals surface area (Å²) in [6, 6.07) is 0. The normalized spacial score (nSPS) is 9.18. The van der Waals surface area contributed by atoms with Crippen LogP contribution < -0.4 is 5.32 Å². The molecule has 0 aromatic rings. The highest BCUT2D eigenvalue weighted by molar-refractivity contribution is 5.72. The average molecular weight is 159 g/mol. The summed E-state index contributed by atoms with van der Waals surface area (Å²) < 4.78 is 4.98. The molecule has 0 saturated heterocycles. The average Bonchev–Trinajstić information content (AvgIpc) is 1.96. The summed E-state index contributed by atoms with van der Waals surface area (Å²) in [6.07, 6.45) is 1.22. The topological polar surface area (TPSA) is 55.4 Å². The van der Waals surface area contributed by atoms with Crippen LogP contribution in [0, 0.1) is 0 Å². The molecule has 0 aliphatic rings. The zero-order valence-corrected chi connectivity index (χ0v) is 6.63. The van der Waals surface area contributed by atoms with Crippen LogP contribution in [0.5, 0.6) is 0 Å². The molecule has 0 spiro atoms. The van der Waals surface area contributed by atoms with Gasteiger partial charge in [0.2, 0.25) is 5.91 Å². The molecule has 0 aromatic carbocycles. The van der Waals surface area contributed by atoms with Gasteiger partial charge in [-0.2, -0.15) is 0 Å². The maximum Gasteiger partial charge on any atom is 0.216 e. The van der Waals surface area contributed by atoms with E-state index in [1.54, 1.807) is 0 Å². The minimum absolute atomic E-state index is 0.0658. The summed E-state index contributed by atoms with van der Waals surface area (Å²) in [5, 5.41) is 2.57. The van der Waals surface area contributed by atoms with E-state index in [-0.39, 0.29) is 5.91 Å². The molecule has 64 valence electrons. The number of carbonyl (C=O) groups excluding carboxylic acids is 2. The van der Waals surface area contributed by atoms with E-state index in [1.807, 2.05) is 0 Å². The van der Waals surface area contributed by atoms with E-state index in [2.05, 4.69) is 5.32 Å². The highest BCUT2D eigenvalue weighted by Crippen LogP contribution is 1.76. The Morgan fingerprint density at radius 1 is 1.55 bits per heavy atom. The molecule has 0 heterocycles. The maximum atomic E-state index is 10.3. The molecule has 0 fully saturated rings. The third kappa shape index (κ3) is 9.10. The molecule has 0 radical (unpaired) electrons. The summed E-state index contributed by atoms with van der Waals surface area (Å²) >= 11 is 0. The standard InChI is InChI=1S/C7H13NO3/c1-7(10)8-3-6-11-5-2-4-9/h4H,2-3,5-6H2,1H3,(H,8,10). The van der Waals surface area contributed by atoms with Gasteiger partial charge in [0.25, 0.3) is 0 Å². The fourth-order valence-electron chi connectivity index (χ4n) is 0.533. The number of nitrogens with one attached hydrogen (secondary N) is 1. The number of hydrogen-bond acceptors (Lipinski definition) is 3. The predicted molar refractivity (Wildman–Crippen MR) is 40.2 cm³/mol. The van der Waals surface area contributed by atoms with Crippen molar-refractivity contribution in [2.24, 2.45) is 0 Å². The smallest absolute Gasteiger partial charge is 0.216 e. The van der Waals surface area contributed by atoms with Crippen molar-refractivity contribution in [1.82, 2.24) is 5.32 Å². The van der Waals surface area contributed by atoms with Crippen LogP contribution in [0.1, 0.15) is 13.3 Å². The molecule has 0 rings (SSSR count). The van der Waals surface area contributed by atoms with Gasteiger partial charge in [-0.1, -0.05) is 0 Å². The first-order valence-electron chi connectivity index (χ1n) is 3.53. The molecule has 4 heteroatoms. The van der Waals surface area contributed by atoms with Crippen LogP contribution >= 0.6 is 0 Å². The lowest BCUT2D eigenvalue weighted by atomic mass is 10.5. The largest absolute Gasteiger partial charge is 0.379 e. The van der Waals surface area contributed by atoms with E-state index < -0.39 is 0 Å². The second kappa shape index (κ2) is 7.21. The Bertz CT molecular complexity index is 125. The number of ether oxygens (including phenoxy) is 1. The van der Waals surface area contributed by atoms with Crippen LogP contribution in [0.2, 0.25) is 0 Å². The van der Waals surface area contributed by atoms with Crippen LogP contribution in [0.3, 0.4) is 0 Å². The minimum atomic E-state index is -0.0658. The fourth-order valence-corrected chi connectivity index (χ4v) is 0.533. The molecule has 0 aromatic heterocycles. The van der Waals surface area contributed by atoms with Crippen molar-refractivity contribution in [2.75, 3.05) is 19.8 Å². The predicted octanol–water partition coefficient (Wildman–Crippen LogP) is -0.272. The first-order valence-corrected chi connectivity index (χ1v) is 3.53. The van der Waals surface area contributed by atoms with Crippen LogP contribution in [0.25, 0.3) is 0 Å². The highest BCUT2D eigenvalue weighted by atomic mass is 16.5.